The number of hydrogen-bond acceptors (Lipinski definition) is 4. The molecule has 0 amide bonds. The third-order valence-corrected chi connectivity index (χ3v) is 2.86. The van der Waals surface area contributed by atoms with Crippen molar-refractivity contribution >= 4 is 28.3 Å². The molecule has 2 aromatic heterocycles. The van der Waals surface area contributed by atoms with Crippen LogP contribution in [0, 0.1) is 0 Å². The average Bonchev–Trinajstić information content (AvgIpc) is 2.34. The minimum Gasteiger partial charge on any atom is -0.369 e. The van der Waals surface area contributed by atoms with Crippen molar-refractivity contribution in [3.8, 4) is 0 Å². The van der Waals surface area contributed by atoms with Gasteiger partial charge in [0.05, 0.1) is 11.8 Å². The number of aromatic nitrogens is 3. The van der Waals surface area contributed by atoms with E-state index in [2.05, 4.69) is 27.2 Å². The Hall–Kier alpha value is -1.62. The zero-order valence-corrected chi connectivity index (χ0v) is 10.9. The van der Waals surface area contributed by atoms with Crippen molar-refractivity contribution in [2.24, 2.45) is 0 Å². The van der Waals surface area contributed by atoms with E-state index in [1.807, 2.05) is 0 Å². The van der Waals surface area contributed by atoms with Gasteiger partial charge in [-0.3, -0.25) is 4.79 Å². The van der Waals surface area contributed by atoms with E-state index in [0.717, 1.165) is 25.8 Å². The van der Waals surface area contributed by atoms with Crippen molar-refractivity contribution in [3.05, 3.63) is 27.9 Å². The molecule has 2 N–H and O–H groups in total. The molecule has 0 aromatic carbocycles. The van der Waals surface area contributed by atoms with Crippen LogP contribution in [0.2, 0.25) is 5.15 Å². The molecule has 0 bridgehead atoms. The van der Waals surface area contributed by atoms with Gasteiger partial charge in [-0.05, 0) is 6.42 Å². The summed E-state index contributed by atoms with van der Waals surface area (Å²) in [5.74, 6) is 0.503. The highest BCUT2D eigenvalue weighted by Gasteiger charge is 2.09. The van der Waals surface area contributed by atoms with Gasteiger partial charge >= 0.3 is 0 Å². The van der Waals surface area contributed by atoms with Gasteiger partial charge in [0, 0.05) is 12.6 Å². The van der Waals surface area contributed by atoms with Crippen LogP contribution in [0.5, 0.6) is 0 Å². The number of nitrogens with zero attached hydrogens (tertiary/aromatic N) is 2. The highest BCUT2D eigenvalue weighted by atomic mass is 35.5. The highest BCUT2D eigenvalue weighted by Crippen LogP contribution is 2.19. The molecule has 2 aromatic rings. The summed E-state index contributed by atoms with van der Waals surface area (Å²) in [5.41, 5.74) is 0.346. The van der Waals surface area contributed by atoms with Crippen LogP contribution in [0.15, 0.2) is 17.2 Å². The maximum absolute atomic E-state index is 11.8. The largest absolute Gasteiger partial charge is 0.369 e. The normalized spacial score (nSPS) is 10.8. The molecule has 0 saturated heterocycles. The molecule has 0 aliphatic heterocycles. The van der Waals surface area contributed by atoms with Crippen LogP contribution in [-0.4, -0.2) is 21.5 Å². The summed E-state index contributed by atoms with van der Waals surface area (Å²) in [4.78, 5) is 22.6. The van der Waals surface area contributed by atoms with Crippen molar-refractivity contribution in [3.63, 3.8) is 0 Å². The molecule has 0 aliphatic carbocycles. The summed E-state index contributed by atoms with van der Waals surface area (Å²) >= 11 is 5.91. The standard InChI is InChI=1S/C12H15ClN4O/c1-2-3-4-5-14-11-10-8(6-9(13)17-11)15-7-16-12(10)18/h6-7H,2-5H2,1H3,(H,14,17)(H,15,16,18). The van der Waals surface area contributed by atoms with Crippen molar-refractivity contribution in [2.45, 2.75) is 26.2 Å². The zero-order valence-electron chi connectivity index (χ0n) is 10.2. The number of rotatable bonds is 5. The third-order valence-electron chi connectivity index (χ3n) is 2.67. The molecule has 0 spiro atoms. The fourth-order valence-electron chi connectivity index (χ4n) is 1.77. The van der Waals surface area contributed by atoms with Gasteiger partial charge in [0.2, 0.25) is 0 Å². The summed E-state index contributed by atoms with van der Waals surface area (Å²) in [6.45, 7) is 2.91. The van der Waals surface area contributed by atoms with Crippen molar-refractivity contribution in [1.29, 1.82) is 0 Å². The molecule has 96 valence electrons. The van der Waals surface area contributed by atoms with Crippen LogP contribution >= 0.6 is 11.6 Å². The summed E-state index contributed by atoms with van der Waals surface area (Å²) in [6, 6.07) is 1.59. The summed E-state index contributed by atoms with van der Waals surface area (Å²) < 4.78 is 0. The van der Waals surface area contributed by atoms with E-state index < -0.39 is 0 Å². The first kappa shape index (κ1) is 12.8. The third kappa shape index (κ3) is 2.79. The predicted octanol–water partition coefficient (Wildman–Crippen LogP) is 2.57. The van der Waals surface area contributed by atoms with Crippen molar-refractivity contribution in [1.82, 2.24) is 15.0 Å². The molecule has 0 aliphatic rings. The number of halogens is 1. The van der Waals surface area contributed by atoms with Gasteiger partial charge in [-0.15, -0.1) is 0 Å². The number of H-pyrrole nitrogens is 1. The number of nitrogens with one attached hydrogen (secondary N) is 2. The number of fused-ring (bicyclic) bond motifs is 1. The maximum atomic E-state index is 11.8. The minimum absolute atomic E-state index is 0.206. The first-order chi connectivity index (χ1) is 8.72. The molecule has 0 radical (unpaired) electrons. The zero-order chi connectivity index (χ0) is 13.0. The molecule has 0 fully saturated rings. The second kappa shape index (κ2) is 5.82. The molecule has 0 saturated carbocycles. The van der Waals surface area contributed by atoms with Gasteiger partial charge < -0.3 is 10.3 Å². The van der Waals surface area contributed by atoms with Crippen LogP contribution in [-0.2, 0) is 0 Å². The van der Waals surface area contributed by atoms with E-state index >= 15 is 0 Å². The van der Waals surface area contributed by atoms with Gasteiger partial charge in [0.1, 0.15) is 16.4 Å². The summed E-state index contributed by atoms with van der Waals surface area (Å²) in [7, 11) is 0. The van der Waals surface area contributed by atoms with E-state index in [9.17, 15) is 4.79 Å². The highest BCUT2D eigenvalue weighted by molar-refractivity contribution is 6.30. The first-order valence-corrected chi connectivity index (χ1v) is 6.38. The van der Waals surface area contributed by atoms with E-state index in [0.29, 0.717) is 21.9 Å². The Kier molecular flexibility index (Phi) is 4.15. The molecule has 0 unspecified atom stereocenters. The molecule has 18 heavy (non-hydrogen) atoms. The second-order valence-corrected chi connectivity index (χ2v) is 4.44. The van der Waals surface area contributed by atoms with Gasteiger partial charge in [-0.2, -0.15) is 0 Å². The van der Waals surface area contributed by atoms with E-state index in [1.54, 1.807) is 6.07 Å². The fourth-order valence-corrected chi connectivity index (χ4v) is 1.96. The van der Waals surface area contributed by atoms with Crippen LogP contribution < -0.4 is 10.9 Å². The summed E-state index contributed by atoms with van der Waals surface area (Å²) in [6.07, 6.45) is 4.68. The van der Waals surface area contributed by atoms with E-state index in [-0.39, 0.29) is 5.56 Å². The minimum atomic E-state index is -0.206. The summed E-state index contributed by atoms with van der Waals surface area (Å²) in [5, 5.41) is 3.94. The van der Waals surface area contributed by atoms with Crippen LogP contribution in [0.4, 0.5) is 5.82 Å². The quantitative estimate of drug-likeness (QED) is 0.645. The Bertz CT molecular complexity index is 596. The lowest BCUT2D eigenvalue weighted by atomic mass is 10.2. The van der Waals surface area contributed by atoms with Gasteiger partial charge in [0.25, 0.3) is 5.56 Å². The van der Waals surface area contributed by atoms with Crippen molar-refractivity contribution in [2.75, 3.05) is 11.9 Å². The van der Waals surface area contributed by atoms with Crippen LogP contribution in [0.1, 0.15) is 26.2 Å². The number of pyridine rings is 1. The average molecular weight is 267 g/mol. The van der Waals surface area contributed by atoms with Crippen molar-refractivity contribution < 1.29 is 0 Å². The maximum Gasteiger partial charge on any atom is 0.262 e. The number of anilines is 1. The lowest BCUT2D eigenvalue weighted by Gasteiger charge is -2.07. The Morgan fingerprint density at radius 2 is 2.28 bits per heavy atom. The number of aromatic amines is 1. The molecular formula is C12H15ClN4O. The second-order valence-electron chi connectivity index (χ2n) is 4.05. The molecule has 0 atom stereocenters. The Balaban J connectivity index is 2.33. The Morgan fingerprint density at radius 1 is 1.44 bits per heavy atom. The van der Waals surface area contributed by atoms with Crippen LogP contribution in [0.3, 0.4) is 0 Å². The lowest BCUT2D eigenvalue weighted by molar-refractivity contribution is 0.743. The molecule has 6 heteroatoms. The molecule has 2 heterocycles. The number of hydrogen-bond donors (Lipinski definition) is 2. The van der Waals surface area contributed by atoms with Crippen LogP contribution in [0.25, 0.3) is 10.9 Å². The predicted molar refractivity (Wildman–Crippen MR) is 73.2 cm³/mol. The topological polar surface area (TPSA) is 70.7 Å². The Labute approximate surface area is 110 Å². The van der Waals surface area contributed by atoms with Gasteiger partial charge in [0.15, 0.2) is 0 Å². The molecule has 5 nitrogen and oxygen atoms in total. The first-order valence-electron chi connectivity index (χ1n) is 6.00. The SMILES string of the molecule is CCCCCNc1nc(Cl)cc2nc[nH]c(=O)c12. The van der Waals surface area contributed by atoms with E-state index in [4.69, 9.17) is 11.6 Å². The molecular weight excluding hydrogens is 252 g/mol. The van der Waals surface area contributed by atoms with Gasteiger partial charge in [-0.25, -0.2) is 9.97 Å². The van der Waals surface area contributed by atoms with Gasteiger partial charge in [-0.1, -0.05) is 31.4 Å². The smallest absolute Gasteiger partial charge is 0.262 e. The van der Waals surface area contributed by atoms with E-state index in [1.165, 1.54) is 6.33 Å². The Morgan fingerprint density at radius 3 is 3.06 bits per heavy atom. The fraction of sp³-hybridized carbons (Fsp3) is 0.417. The lowest BCUT2D eigenvalue weighted by Crippen LogP contribution is -2.12. The number of unbranched alkanes of at least 4 members (excludes halogenated alkanes) is 2. The molecule has 2 rings (SSSR count). The monoisotopic (exact) mass is 266 g/mol.